The number of hydrogen-bond donors (Lipinski definition) is 0. The summed E-state index contributed by atoms with van der Waals surface area (Å²) in [4.78, 5) is 53.6. The van der Waals surface area contributed by atoms with Crippen LogP contribution in [0.1, 0.15) is 36.1 Å². The molecular formula is C34H28N2O4. The number of nitrogens with zero attached hydrogens (tertiary/aromatic N) is 2. The number of anilines is 2. The van der Waals surface area contributed by atoms with Gasteiger partial charge in [-0.05, 0) is 71.5 Å². The van der Waals surface area contributed by atoms with E-state index in [1.807, 2.05) is 50.5 Å². The maximum Gasteiger partial charge on any atom is 0.264 e. The van der Waals surface area contributed by atoms with E-state index in [1.165, 1.54) is 0 Å². The number of β-lactam (4-membered cyclic amide) rings is 2. The molecule has 6 rings (SSSR count). The number of Topliss-reactive ketones (excluding diaryl/α,β-unsaturated/α-hetero) is 2. The Hall–Kier alpha value is -4.84. The fourth-order valence-electron chi connectivity index (χ4n) is 6.44. The van der Waals surface area contributed by atoms with Crippen molar-refractivity contribution in [2.45, 2.75) is 19.3 Å². The van der Waals surface area contributed by atoms with E-state index in [0.717, 1.165) is 57.8 Å². The van der Waals surface area contributed by atoms with Crippen molar-refractivity contribution in [3.05, 3.63) is 119 Å². The van der Waals surface area contributed by atoms with Crippen molar-refractivity contribution in [2.75, 3.05) is 23.9 Å². The number of carbonyl (C=O) groups is 4. The average molecular weight is 529 g/mol. The standard InChI is InChI=1S/C34H28N2O4/c1-21(37)33(22(2)38)31(39)36(32(33)40)26-19-15-24(16-20-26)34(23-13-17-25(18-14-23)35(3)4)29-11-7-5-9-27(29)28-10-6-8-12-30(28)34/h5-20H,1-4H3. The number of rotatable bonds is 6. The molecule has 6 nitrogen and oxygen atoms in total. The number of amides is 2. The summed E-state index contributed by atoms with van der Waals surface area (Å²) in [5.74, 6) is -3.09. The second kappa shape index (κ2) is 8.85. The molecule has 2 amide bonds. The van der Waals surface area contributed by atoms with Gasteiger partial charge in [0.1, 0.15) is 0 Å². The first-order chi connectivity index (χ1) is 19.2. The summed E-state index contributed by atoms with van der Waals surface area (Å²) in [6.45, 7) is 2.22. The molecule has 0 N–H and O–H groups in total. The fourth-order valence-corrected chi connectivity index (χ4v) is 6.44. The van der Waals surface area contributed by atoms with Crippen molar-refractivity contribution in [3.63, 3.8) is 0 Å². The lowest BCUT2D eigenvalue weighted by molar-refractivity contribution is -0.161. The fraction of sp³-hybridized carbons (Fsp3) is 0.176. The predicted octanol–water partition coefficient (Wildman–Crippen LogP) is 5.15. The van der Waals surface area contributed by atoms with E-state index in [-0.39, 0.29) is 0 Å². The normalized spacial score (nSPS) is 16.1. The minimum absolute atomic E-state index is 0.328. The molecule has 1 aliphatic carbocycles. The average Bonchev–Trinajstić information content (AvgIpc) is 3.25. The highest BCUT2D eigenvalue weighted by atomic mass is 16.2. The SMILES string of the molecule is CC(=O)C1(C(C)=O)C(=O)N(c2ccc(C3(c4ccc(N(C)C)cc4)c4ccccc4-c4ccccc43)cc2)C1=O. The van der Waals surface area contributed by atoms with Gasteiger partial charge in [0.25, 0.3) is 11.8 Å². The van der Waals surface area contributed by atoms with Crippen molar-refractivity contribution >= 4 is 34.8 Å². The number of hydrogen-bond acceptors (Lipinski definition) is 5. The van der Waals surface area contributed by atoms with Crippen LogP contribution in [0.5, 0.6) is 0 Å². The van der Waals surface area contributed by atoms with E-state index in [1.54, 1.807) is 12.1 Å². The lowest BCUT2D eigenvalue weighted by atomic mass is 9.67. The van der Waals surface area contributed by atoms with Crippen molar-refractivity contribution < 1.29 is 19.2 Å². The Morgan fingerprint density at radius 2 is 1.05 bits per heavy atom. The van der Waals surface area contributed by atoms with Crippen LogP contribution in [0.15, 0.2) is 97.1 Å². The number of carbonyl (C=O) groups excluding carboxylic acids is 4. The molecule has 4 aromatic rings. The summed E-state index contributed by atoms with van der Waals surface area (Å²) >= 11 is 0. The third kappa shape index (κ3) is 3.10. The third-order valence-electron chi connectivity index (χ3n) is 8.43. The van der Waals surface area contributed by atoms with Crippen LogP contribution in [0.3, 0.4) is 0 Å². The van der Waals surface area contributed by atoms with Gasteiger partial charge >= 0.3 is 0 Å². The summed E-state index contributed by atoms with van der Waals surface area (Å²) in [5, 5.41) is 0. The zero-order valence-electron chi connectivity index (χ0n) is 22.8. The van der Waals surface area contributed by atoms with Crippen molar-refractivity contribution in [1.82, 2.24) is 0 Å². The molecule has 0 spiro atoms. The molecule has 2 aliphatic rings. The third-order valence-corrected chi connectivity index (χ3v) is 8.43. The smallest absolute Gasteiger partial charge is 0.264 e. The van der Waals surface area contributed by atoms with Crippen LogP contribution in [0.25, 0.3) is 11.1 Å². The maximum atomic E-state index is 13.1. The minimum atomic E-state index is -2.22. The van der Waals surface area contributed by atoms with Crippen LogP contribution in [-0.2, 0) is 24.6 Å². The van der Waals surface area contributed by atoms with Crippen LogP contribution in [0.4, 0.5) is 11.4 Å². The monoisotopic (exact) mass is 528 g/mol. The first-order valence-corrected chi connectivity index (χ1v) is 13.2. The van der Waals surface area contributed by atoms with Crippen LogP contribution >= 0.6 is 0 Å². The van der Waals surface area contributed by atoms with Gasteiger partial charge in [-0.1, -0.05) is 72.8 Å². The lowest BCUT2D eigenvalue weighted by Crippen LogP contribution is -2.72. The van der Waals surface area contributed by atoms with Gasteiger partial charge in [0.15, 0.2) is 11.6 Å². The maximum absolute atomic E-state index is 13.1. The molecule has 1 fully saturated rings. The molecule has 6 heteroatoms. The molecule has 0 bridgehead atoms. The van der Waals surface area contributed by atoms with E-state index in [9.17, 15) is 19.2 Å². The highest BCUT2D eigenvalue weighted by molar-refractivity contribution is 6.54. The highest BCUT2D eigenvalue weighted by Crippen LogP contribution is 2.56. The Labute approximate surface area is 232 Å². The minimum Gasteiger partial charge on any atom is -0.378 e. The van der Waals surface area contributed by atoms with Crippen LogP contribution < -0.4 is 9.80 Å². The van der Waals surface area contributed by atoms with Crippen molar-refractivity contribution in [3.8, 4) is 11.1 Å². The summed E-state index contributed by atoms with van der Waals surface area (Å²) in [6, 6.07) is 32.6. The molecule has 40 heavy (non-hydrogen) atoms. The summed E-state index contributed by atoms with van der Waals surface area (Å²) in [5.41, 5.74) is 5.20. The Morgan fingerprint density at radius 3 is 1.48 bits per heavy atom. The van der Waals surface area contributed by atoms with Gasteiger partial charge in [0.05, 0.1) is 11.1 Å². The largest absolute Gasteiger partial charge is 0.378 e. The van der Waals surface area contributed by atoms with Gasteiger partial charge in [-0.25, -0.2) is 4.90 Å². The molecule has 1 aliphatic heterocycles. The number of fused-ring (bicyclic) bond motifs is 3. The molecule has 0 saturated carbocycles. The molecule has 0 unspecified atom stereocenters. The second-order valence-corrected chi connectivity index (χ2v) is 10.6. The van der Waals surface area contributed by atoms with Crippen molar-refractivity contribution in [1.29, 1.82) is 0 Å². The van der Waals surface area contributed by atoms with Crippen LogP contribution in [0, 0.1) is 5.41 Å². The summed E-state index contributed by atoms with van der Waals surface area (Å²) in [7, 11) is 4.02. The van der Waals surface area contributed by atoms with Gasteiger partial charge in [0, 0.05) is 19.8 Å². The van der Waals surface area contributed by atoms with E-state index >= 15 is 0 Å². The van der Waals surface area contributed by atoms with Gasteiger partial charge in [-0.15, -0.1) is 0 Å². The van der Waals surface area contributed by atoms with E-state index < -0.39 is 34.2 Å². The van der Waals surface area contributed by atoms with Gasteiger partial charge in [0.2, 0.25) is 5.41 Å². The molecule has 198 valence electrons. The van der Waals surface area contributed by atoms with E-state index in [4.69, 9.17) is 0 Å². The molecular weight excluding hydrogens is 500 g/mol. The molecule has 0 aromatic heterocycles. The Kier molecular flexibility index (Phi) is 5.63. The summed E-state index contributed by atoms with van der Waals surface area (Å²) < 4.78 is 0. The van der Waals surface area contributed by atoms with E-state index in [0.29, 0.717) is 5.69 Å². The number of ketones is 2. The van der Waals surface area contributed by atoms with Crippen molar-refractivity contribution in [2.24, 2.45) is 5.41 Å². The number of benzene rings is 4. The molecule has 1 heterocycles. The zero-order valence-corrected chi connectivity index (χ0v) is 22.8. The van der Waals surface area contributed by atoms with Gasteiger partial charge < -0.3 is 4.90 Å². The molecule has 0 atom stereocenters. The first kappa shape index (κ1) is 25.4. The van der Waals surface area contributed by atoms with Crippen LogP contribution in [0.2, 0.25) is 0 Å². The Bertz CT molecular complexity index is 1640. The lowest BCUT2D eigenvalue weighted by Gasteiger charge is -2.43. The number of imide groups is 1. The molecule has 4 aromatic carbocycles. The Morgan fingerprint density at radius 1 is 0.625 bits per heavy atom. The first-order valence-electron chi connectivity index (χ1n) is 13.2. The summed E-state index contributed by atoms with van der Waals surface area (Å²) in [6.07, 6.45) is 0. The quantitative estimate of drug-likeness (QED) is 0.225. The van der Waals surface area contributed by atoms with Gasteiger partial charge in [-0.3, -0.25) is 19.2 Å². The van der Waals surface area contributed by atoms with Gasteiger partial charge in [-0.2, -0.15) is 0 Å². The van der Waals surface area contributed by atoms with Crippen LogP contribution in [-0.4, -0.2) is 37.5 Å². The predicted molar refractivity (Wildman–Crippen MR) is 154 cm³/mol. The molecule has 0 radical (unpaired) electrons. The highest BCUT2D eigenvalue weighted by Gasteiger charge is 2.68. The van der Waals surface area contributed by atoms with E-state index in [2.05, 4.69) is 53.4 Å². The topological polar surface area (TPSA) is 74.8 Å². The molecule has 1 saturated heterocycles. The zero-order chi connectivity index (χ0) is 28.4. The Balaban J connectivity index is 1.53. The second-order valence-electron chi connectivity index (χ2n) is 10.6.